The van der Waals surface area contributed by atoms with Crippen molar-refractivity contribution in [1.82, 2.24) is 14.9 Å². The van der Waals surface area contributed by atoms with Crippen molar-refractivity contribution in [3.63, 3.8) is 0 Å². The first-order valence-electron chi connectivity index (χ1n) is 10.4. The minimum Gasteiger partial charge on any atom is -0.452 e. The number of urea groups is 1. The Bertz CT molecular complexity index is 1120. The van der Waals surface area contributed by atoms with Crippen LogP contribution in [0.5, 0.6) is 0 Å². The normalized spacial score (nSPS) is 14.3. The molecule has 2 N–H and O–H groups in total. The van der Waals surface area contributed by atoms with Crippen LogP contribution in [0.1, 0.15) is 35.2 Å². The van der Waals surface area contributed by atoms with Crippen LogP contribution in [0, 0.1) is 0 Å². The number of sulfonamides is 1. The number of imide groups is 1. The highest BCUT2D eigenvalue weighted by Gasteiger charge is 2.27. The molecular formula is C22H24ClN3O6S. The Hall–Kier alpha value is -2.95. The van der Waals surface area contributed by atoms with Gasteiger partial charge in [0.2, 0.25) is 10.0 Å². The van der Waals surface area contributed by atoms with Gasteiger partial charge in [0.05, 0.1) is 15.5 Å². The standard InChI is InChI=1S/C22H24ClN3O6S/c23-19-10-9-17(33(30,31)26-11-5-2-6-12-26)13-18(19)21(28)32-15-20(27)25-22(29)24-14-16-7-3-1-4-8-16/h1,3-4,7-10,13H,2,5-6,11-12,14-15H2,(H2,24,25,27,29). The molecule has 0 atom stereocenters. The molecule has 0 spiro atoms. The monoisotopic (exact) mass is 493 g/mol. The Balaban J connectivity index is 1.55. The molecule has 9 nitrogen and oxygen atoms in total. The Morgan fingerprint density at radius 1 is 1.00 bits per heavy atom. The second-order valence-corrected chi connectivity index (χ2v) is 9.74. The summed E-state index contributed by atoms with van der Waals surface area (Å²) in [7, 11) is -3.78. The van der Waals surface area contributed by atoms with Crippen molar-refractivity contribution in [1.29, 1.82) is 0 Å². The van der Waals surface area contributed by atoms with Gasteiger partial charge >= 0.3 is 12.0 Å². The van der Waals surface area contributed by atoms with Crippen molar-refractivity contribution in [2.75, 3.05) is 19.7 Å². The van der Waals surface area contributed by atoms with Crippen LogP contribution in [-0.2, 0) is 26.1 Å². The van der Waals surface area contributed by atoms with Crippen molar-refractivity contribution < 1.29 is 27.5 Å². The van der Waals surface area contributed by atoms with E-state index in [-0.39, 0.29) is 22.0 Å². The average Bonchev–Trinajstić information content (AvgIpc) is 2.82. The zero-order valence-electron chi connectivity index (χ0n) is 17.8. The molecule has 2 aromatic rings. The van der Waals surface area contributed by atoms with E-state index in [1.807, 2.05) is 35.6 Å². The Labute approximate surface area is 197 Å². The molecule has 11 heteroatoms. The second kappa shape index (κ2) is 11.3. The summed E-state index contributed by atoms with van der Waals surface area (Å²) in [6.45, 7) is 0.305. The molecule has 0 bridgehead atoms. The summed E-state index contributed by atoms with van der Waals surface area (Å²) in [4.78, 5) is 36.1. The fourth-order valence-corrected chi connectivity index (χ4v) is 5.01. The fourth-order valence-electron chi connectivity index (χ4n) is 3.27. The molecule has 0 aromatic heterocycles. The van der Waals surface area contributed by atoms with E-state index < -0.39 is 34.5 Å². The molecule has 2 aromatic carbocycles. The lowest BCUT2D eigenvalue weighted by atomic mass is 10.2. The van der Waals surface area contributed by atoms with Crippen LogP contribution in [0.15, 0.2) is 53.4 Å². The van der Waals surface area contributed by atoms with Gasteiger partial charge in [-0.05, 0) is 36.6 Å². The first kappa shape index (κ1) is 24.7. The maximum Gasteiger partial charge on any atom is 0.340 e. The third-order valence-corrected chi connectivity index (χ3v) is 7.22. The lowest BCUT2D eigenvalue weighted by Crippen LogP contribution is -2.41. The largest absolute Gasteiger partial charge is 0.452 e. The number of halogens is 1. The molecule has 1 saturated heterocycles. The molecule has 3 rings (SSSR count). The highest BCUT2D eigenvalue weighted by molar-refractivity contribution is 7.89. The maximum atomic E-state index is 12.8. The molecule has 1 aliphatic rings. The minimum atomic E-state index is -3.78. The minimum absolute atomic E-state index is 0.0152. The predicted octanol–water partition coefficient (Wildman–Crippen LogP) is 2.70. The van der Waals surface area contributed by atoms with E-state index in [9.17, 15) is 22.8 Å². The van der Waals surface area contributed by atoms with Crippen LogP contribution >= 0.6 is 11.6 Å². The van der Waals surface area contributed by atoms with E-state index in [1.165, 1.54) is 16.4 Å². The number of carbonyl (C=O) groups excluding carboxylic acids is 3. The summed E-state index contributed by atoms with van der Waals surface area (Å²) in [5, 5.41) is 4.54. The van der Waals surface area contributed by atoms with Gasteiger partial charge in [0.15, 0.2) is 6.61 Å². The molecular weight excluding hydrogens is 470 g/mol. The Kier molecular flexibility index (Phi) is 8.43. The summed E-state index contributed by atoms with van der Waals surface area (Å²) < 4.78 is 32.0. The molecule has 33 heavy (non-hydrogen) atoms. The molecule has 0 saturated carbocycles. The SMILES string of the molecule is O=C(COC(=O)c1cc(S(=O)(=O)N2CCCCC2)ccc1Cl)NC(=O)NCc1ccccc1. The number of benzene rings is 2. The molecule has 0 unspecified atom stereocenters. The number of hydrogen-bond acceptors (Lipinski definition) is 6. The van der Waals surface area contributed by atoms with Crippen LogP contribution in [0.2, 0.25) is 5.02 Å². The summed E-state index contributed by atoms with van der Waals surface area (Å²) in [5.41, 5.74) is 0.664. The molecule has 0 radical (unpaired) electrons. The average molecular weight is 494 g/mol. The third-order valence-electron chi connectivity index (χ3n) is 4.99. The zero-order chi connectivity index (χ0) is 23.8. The van der Waals surface area contributed by atoms with Crippen molar-refractivity contribution in [3.05, 3.63) is 64.7 Å². The number of ether oxygens (including phenoxy) is 1. The van der Waals surface area contributed by atoms with Gasteiger partial charge < -0.3 is 10.1 Å². The van der Waals surface area contributed by atoms with E-state index in [1.54, 1.807) is 0 Å². The number of carbonyl (C=O) groups is 3. The molecule has 176 valence electrons. The zero-order valence-corrected chi connectivity index (χ0v) is 19.3. The van der Waals surface area contributed by atoms with E-state index in [2.05, 4.69) is 5.32 Å². The highest BCUT2D eigenvalue weighted by Crippen LogP contribution is 2.25. The number of piperidine rings is 1. The van der Waals surface area contributed by atoms with Gasteiger partial charge in [-0.3, -0.25) is 10.1 Å². The van der Waals surface area contributed by atoms with Gasteiger partial charge in [-0.2, -0.15) is 4.31 Å². The summed E-state index contributed by atoms with van der Waals surface area (Å²) in [6, 6.07) is 12.1. The van der Waals surface area contributed by atoms with E-state index in [0.29, 0.717) is 13.1 Å². The lowest BCUT2D eigenvalue weighted by molar-refractivity contribution is -0.123. The molecule has 1 fully saturated rings. The van der Waals surface area contributed by atoms with Crippen LogP contribution in [0.25, 0.3) is 0 Å². The maximum absolute atomic E-state index is 12.8. The van der Waals surface area contributed by atoms with Crippen molar-refractivity contribution in [2.45, 2.75) is 30.7 Å². The number of rotatable bonds is 7. The summed E-state index contributed by atoms with van der Waals surface area (Å²) >= 11 is 6.05. The Morgan fingerprint density at radius 2 is 1.70 bits per heavy atom. The Morgan fingerprint density at radius 3 is 2.39 bits per heavy atom. The fraction of sp³-hybridized carbons (Fsp3) is 0.318. The number of esters is 1. The lowest BCUT2D eigenvalue weighted by Gasteiger charge is -2.26. The van der Waals surface area contributed by atoms with Crippen LogP contribution in [-0.4, -0.2) is 50.3 Å². The first-order valence-corrected chi connectivity index (χ1v) is 12.2. The third kappa shape index (κ3) is 6.77. The number of nitrogens with one attached hydrogen (secondary N) is 2. The molecule has 0 aliphatic carbocycles. The van der Waals surface area contributed by atoms with E-state index in [4.69, 9.17) is 16.3 Å². The van der Waals surface area contributed by atoms with Gasteiger partial charge in [-0.15, -0.1) is 0 Å². The number of hydrogen-bond donors (Lipinski definition) is 2. The van der Waals surface area contributed by atoms with E-state index in [0.717, 1.165) is 30.9 Å². The smallest absolute Gasteiger partial charge is 0.340 e. The molecule has 1 aliphatic heterocycles. The van der Waals surface area contributed by atoms with Crippen LogP contribution < -0.4 is 10.6 Å². The summed E-state index contributed by atoms with van der Waals surface area (Å²) in [6.07, 6.45) is 2.52. The van der Waals surface area contributed by atoms with Gasteiger partial charge in [-0.1, -0.05) is 48.4 Å². The molecule has 3 amide bonds. The van der Waals surface area contributed by atoms with Gasteiger partial charge in [-0.25, -0.2) is 18.0 Å². The van der Waals surface area contributed by atoms with Crippen molar-refractivity contribution >= 4 is 39.5 Å². The van der Waals surface area contributed by atoms with Gasteiger partial charge in [0, 0.05) is 19.6 Å². The van der Waals surface area contributed by atoms with Gasteiger partial charge in [0.1, 0.15) is 0 Å². The van der Waals surface area contributed by atoms with E-state index >= 15 is 0 Å². The second-order valence-electron chi connectivity index (χ2n) is 7.40. The predicted molar refractivity (Wildman–Crippen MR) is 121 cm³/mol. The van der Waals surface area contributed by atoms with Crippen molar-refractivity contribution in [2.24, 2.45) is 0 Å². The van der Waals surface area contributed by atoms with Crippen LogP contribution in [0.3, 0.4) is 0 Å². The quantitative estimate of drug-likeness (QED) is 0.572. The molecule has 1 heterocycles. The summed E-state index contributed by atoms with van der Waals surface area (Å²) in [5.74, 6) is -1.82. The topological polar surface area (TPSA) is 122 Å². The van der Waals surface area contributed by atoms with Crippen molar-refractivity contribution in [3.8, 4) is 0 Å². The van der Waals surface area contributed by atoms with Gasteiger partial charge in [0.25, 0.3) is 5.91 Å². The number of nitrogens with zero attached hydrogens (tertiary/aromatic N) is 1. The highest BCUT2D eigenvalue weighted by atomic mass is 35.5. The first-order chi connectivity index (χ1) is 15.8. The number of amides is 3. The van der Waals surface area contributed by atoms with Crippen LogP contribution in [0.4, 0.5) is 4.79 Å².